The van der Waals surface area contributed by atoms with Gasteiger partial charge in [0.05, 0.1) is 12.2 Å². The van der Waals surface area contributed by atoms with E-state index in [0.717, 1.165) is 6.42 Å². The summed E-state index contributed by atoms with van der Waals surface area (Å²) >= 11 is 0. The van der Waals surface area contributed by atoms with Crippen molar-refractivity contribution in [2.75, 3.05) is 7.05 Å². The molecule has 128 valence electrons. The van der Waals surface area contributed by atoms with E-state index in [9.17, 15) is 0 Å². The SMILES string of the molecule is CC(C(CC(C)(C)C)OC(C)C(C)(C)C)N(C)C(C)(C)C. The van der Waals surface area contributed by atoms with Gasteiger partial charge in [-0.25, -0.2) is 0 Å². The third-order valence-corrected chi connectivity index (χ3v) is 4.62. The normalized spacial score (nSPS) is 18.7. The quantitative estimate of drug-likeness (QED) is 0.677. The first-order valence-electron chi connectivity index (χ1n) is 8.44. The molecule has 0 fully saturated rings. The topological polar surface area (TPSA) is 12.5 Å². The van der Waals surface area contributed by atoms with Crippen LogP contribution in [0.3, 0.4) is 0 Å². The van der Waals surface area contributed by atoms with Crippen molar-refractivity contribution in [3.63, 3.8) is 0 Å². The molecule has 0 aliphatic heterocycles. The molecule has 0 heterocycles. The van der Waals surface area contributed by atoms with Crippen molar-refractivity contribution in [3.8, 4) is 0 Å². The van der Waals surface area contributed by atoms with Gasteiger partial charge in [-0.05, 0) is 58.9 Å². The van der Waals surface area contributed by atoms with Crippen molar-refractivity contribution in [1.29, 1.82) is 0 Å². The molecular formula is C19H41NO. The highest BCUT2D eigenvalue weighted by atomic mass is 16.5. The summed E-state index contributed by atoms with van der Waals surface area (Å²) in [4.78, 5) is 2.44. The van der Waals surface area contributed by atoms with Crippen LogP contribution >= 0.6 is 0 Å². The molecule has 21 heavy (non-hydrogen) atoms. The fraction of sp³-hybridized carbons (Fsp3) is 1.00. The Morgan fingerprint density at radius 2 is 1.29 bits per heavy atom. The summed E-state index contributed by atoms with van der Waals surface area (Å²) in [5.74, 6) is 0. The van der Waals surface area contributed by atoms with Crippen LogP contribution < -0.4 is 0 Å². The fourth-order valence-corrected chi connectivity index (χ4v) is 2.26. The second-order valence-corrected chi connectivity index (χ2v) is 9.97. The minimum atomic E-state index is 0.157. The van der Waals surface area contributed by atoms with Crippen LogP contribution in [0.1, 0.15) is 82.6 Å². The lowest BCUT2D eigenvalue weighted by molar-refractivity contribution is -0.106. The molecule has 0 radical (unpaired) electrons. The maximum Gasteiger partial charge on any atom is 0.0736 e. The van der Waals surface area contributed by atoms with E-state index in [2.05, 4.69) is 88.1 Å². The third-order valence-electron chi connectivity index (χ3n) is 4.62. The fourth-order valence-electron chi connectivity index (χ4n) is 2.26. The standard InChI is InChI=1S/C19H41NO/c1-14(20(12)19(9,10)11)16(13-17(3,4)5)21-15(2)18(6,7)8/h14-16H,13H2,1-12H3. The first-order valence-corrected chi connectivity index (χ1v) is 8.44. The minimum absolute atomic E-state index is 0.157. The first kappa shape index (κ1) is 20.9. The highest BCUT2D eigenvalue weighted by Gasteiger charge is 2.34. The van der Waals surface area contributed by atoms with Crippen LogP contribution in [0.25, 0.3) is 0 Å². The summed E-state index contributed by atoms with van der Waals surface area (Å²) in [7, 11) is 2.21. The highest BCUT2D eigenvalue weighted by molar-refractivity contribution is 4.86. The molecule has 3 unspecified atom stereocenters. The van der Waals surface area contributed by atoms with Crippen LogP contribution in [-0.4, -0.2) is 35.7 Å². The van der Waals surface area contributed by atoms with Crippen molar-refractivity contribution in [2.45, 2.75) is 106 Å². The summed E-state index contributed by atoms with van der Waals surface area (Å²) in [5.41, 5.74) is 0.606. The Kier molecular flexibility index (Phi) is 6.97. The van der Waals surface area contributed by atoms with Crippen LogP contribution in [0.4, 0.5) is 0 Å². The Morgan fingerprint density at radius 3 is 1.57 bits per heavy atom. The molecule has 0 aromatic rings. The van der Waals surface area contributed by atoms with E-state index < -0.39 is 0 Å². The van der Waals surface area contributed by atoms with Gasteiger partial charge in [-0.1, -0.05) is 41.5 Å². The van der Waals surface area contributed by atoms with Gasteiger partial charge in [0.2, 0.25) is 0 Å². The average Bonchev–Trinajstić information content (AvgIpc) is 2.21. The second kappa shape index (κ2) is 7.00. The van der Waals surface area contributed by atoms with Crippen LogP contribution in [0.5, 0.6) is 0 Å². The summed E-state index contributed by atoms with van der Waals surface area (Å²) in [6.07, 6.45) is 1.58. The number of likely N-dealkylation sites (N-methyl/N-ethyl adjacent to an activating group) is 1. The molecule has 0 saturated carbocycles. The lowest BCUT2D eigenvalue weighted by Gasteiger charge is -2.44. The molecule has 0 spiro atoms. The Labute approximate surface area is 134 Å². The van der Waals surface area contributed by atoms with Crippen LogP contribution in [0, 0.1) is 10.8 Å². The van der Waals surface area contributed by atoms with E-state index in [4.69, 9.17) is 4.74 Å². The molecule has 0 aromatic carbocycles. The number of rotatable bonds is 5. The van der Waals surface area contributed by atoms with E-state index >= 15 is 0 Å². The van der Waals surface area contributed by atoms with Gasteiger partial charge >= 0.3 is 0 Å². The van der Waals surface area contributed by atoms with Gasteiger partial charge in [0.25, 0.3) is 0 Å². The molecule has 0 amide bonds. The number of nitrogens with zero attached hydrogens (tertiary/aromatic N) is 1. The molecule has 0 bridgehead atoms. The van der Waals surface area contributed by atoms with Crippen molar-refractivity contribution in [3.05, 3.63) is 0 Å². The zero-order chi connectivity index (χ0) is 17.2. The zero-order valence-electron chi connectivity index (χ0n) is 16.8. The Morgan fingerprint density at radius 1 is 0.857 bits per heavy atom. The van der Waals surface area contributed by atoms with E-state index in [0.29, 0.717) is 6.04 Å². The summed E-state index contributed by atoms with van der Waals surface area (Å²) < 4.78 is 6.53. The zero-order valence-corrected chi connectivity index (χ0v) is 16.8. The summed E-state index contributed by atoms with van der Waals surface area (Å²) in [6.45, 7) is 25.0. The maximum absolute atomic E-state index is 6.53. The Bertz CT molecular complexity index is 303. The van der Waals surface area contributed by atoms with Gasteiger partial charge in [-0.3, -0.25) is 4.90 Å². The van der Waals surface area contributed by atoms with Crippen molar-refractivity contribution < 1.29 is 4.74 Å². The molecule has 0 aliphatic rings. The van der Waals surface area contributed by atoms with E-state index in [1.165, 1.54) is 0 Å². The maximum atomic E-state index is 6.53. The number of ether oxygens (including phenoxy) is 1. The van der Waals surface area contributed by atoms with Gasteiger partial charge in [-0.15, -0.1) is 0 Å². The molecular weight excluding hydrogens is 258 g/mol. The van der Waals surface area contributed by atoms with Crippen molar-refractivity contribution in [2.24, 2.45) is 10.8 Å². The Hall–Kier alpha value is -0.0800. The first-order chi connectivity index (χ1) is 9.05. The van der Waals surface area contributed by atoms with E-state index in [1.54, 1.807) is 0 Å². The van der Waals surface area contributed by atoms with Crippen molar-refractivity contribution in [1.82, 2.24) is 4.90 Å². The largest absolute Gasteiger partial charge is 0.373 e. The van der Waals surface area contributed by atoms with Crippen LogP contribution in [0.15, 0.2) is 0 Å². The molecule has 2 heteroatoms. The van der Waals surface area contributed by atoms with Gasteiger partial charge in [-0.2, -0.15) is 0 Å². The van der Waals surface area contributed by atoms with E-state index in [1.807, 2.05) is 0 Å². The molecule has 2 nitrogen and oxygen atoms in total. The highest BCUT2D eigenvalue weighted by Crippen LogP contribution is 2.31. The Balaban J connectivity index is 5.15. The van der Waals surface area contributed by atoms with Gasteiger partial charge in [0.1, 0.15) is 0 Å². The van der Waals surface area contributed by atoms with Gasteiger partial charge in [0, 0.05) is 11.6 Å². The summed E-state index contributed by atoms with van der Waals surface area (Å²) in [6, 6.07) is 0.397. The molecule has 3 atom stereocenters. The predicted molar refractivity (Wildman–Crippen MR) is 94.8 cm³/mol. The van der Waals surface area contributed by atoms with Crippen molar-refractivity contribution >= 4 is 0 Å². The number of hydrogen-bond acceptors (Lipinski definition) is 2. The summed E-state index contributed by atoms with van der Waals surface area (Å²) in [5, 5.41) is 0. The molecule has 0 N–H and O–H groups in total. The third kappa shape index (κ3) is 7.65. The van der Waals surface area contributed by atoms with Crippen LogP contribution in [-0.2, 0) is 4.74 Å². The van der Waals surface area contributed by atoms with Gasteiger partial charge in [0.15, 0.2) is 0 Å². The minimum Gasteiger partial charge on any atom is -0.373 e. The number of hydrogen-bond donors (Lipinski definition) is 0. The lowest BCUT2D eigenvalue weighted by Crippen LogP contribution is -2.51. The smallest absolute Gasteiger partial charge is 0.0736 e. The van der Waals surface area contributed by atoms with Gasteiger partial charge < -0.3 is 4.74 Å². The van der Waals surface area contributed by atoms with Crippen LogP contribution in [0.2, 0.25) is 0 Å². The monoisotopic (exact) mass is 299 g/mol. The molecule has 0 saturated heterocycles. The average molecular weight is 300 g/mol. The van der Waals surface area contributed by atoms with E-state index in [-0.39, 0.29) is 28.6 Å². The second-order valence-electron chi connectivity index (χ2n) is 9.97. The lowest BCUT2D eigenvalue weighted by atomic mass is 9.85. The predicted octanol–water partition coefficient (Wildman–Crippen LogP) is 5.36. The molecule has 0 aliphatic carbocycles. The molecule has 0 aromatic heterocycles. The molecule has 0 rings (SSSR count).